The van der Waals surface area contributed by atoms with Crippen LogP contribution in [0.15, 0.2) is 22.0 Å². The number of alkyl halides is 1. The minimum atomic E-state index is 0.0987. The average Bonchev–Trinajstić information content (AvgIpc) is 2.66. The number of fused-ring (bicyclic) bond motifs is 1. The molecule has 1 N–H and O–H groups in total. The number of benzene rings is 1. The van der Waals surface area contributed by atoms with Crippen molar-refractivity contribution in [2.45, 2.75) is 11.9 Å². The van der Waals surface area contributed by atoms with E-state index in [1.807, 2.05) is 5.38 Å². The molecule has 74 valence electrons. The molecule has 0 fully saturated rings. The average molecular weight is 336 g/mol. The van der Waals surface area contributed by atoms with Crippen molar-refractivity contribution in [2.24, 2.45) is 0 Å². The zero-order valence-corrected chi connectivity index (χ0v) is 11.2. The maximum Gasteiger partial charge on any atom is 0.0691 e. The van der Waals surface area contributed by atoms with E-state index in [4.69, 9.17) is 0 Å². The van der Waals surface area contributed by atoms with Crippen LogP contribution in [-0.4, -0.2) is 5.11 Å². The van der Waals surface area contributed by atoms with Crippen molar-refractivity contribution >= 4 is 53.3 Å². The van der Waals surface area contributed by atoms with Crippen molar-refractivity contribution in [3.05, 3.63) is 33.1 Å². The van der Waals surface area contributed by atoms with Crippen LogP contribution < -0.4 is 0 Å². The molecular formula is C10H8Br2OS. The van der Waals surface area contributed by atoms with Crippen molar-refractivity contribution in [1.29, 1.82) is 0 Å². The maximum absolute atomic E-state index is 9.33. The van der Waals surface area contributed by atoms with Crippen LogP contribution in [0.4, 0.5) is 0 Å². The predicted octanol–water partition coefficient (Wildman–Crippen LogP) is 4.05. The summed E-state index contributed by atoms with van der Waals surface area (Å²) in [5.41, 5.74) is 2.17. The molecule has 2 aromatic rings. The molecule has 0 unspecified atom stereocenters. The first kappa shape index (κ1) is 10.6. The van der Waals surface area contributed by atoms with Gasteiger partial charge in [0.2, 0.25) is 0 Å². The Morgan fingerprint density at radius 3 is 2.86 bits per heavy atom. The minimum absolute atomic E-state index is 0.0987. The van der Waals surface area contributed by atoms with Gasteiger partial charge in [-0.3, -0.25) is 0 Å². The van der Waals surface area contributed by atoms with Crippen LogP contribution in [0.5, 0.6) is 0 Å². The molecule has 0 aliphatic heterocycles. The molecule has 0 bridgehead atoms. The predicted molar refractivity (Wildman–Crippen MR) is 68.1 cm³/mol. The van der Waals surface area contributed by atoms with E-state index in [0.29, 0.717) is 0 Å². The zero-order chi connectivity index (χ0) is 10.1. The molecule has 1 aromatic heterocycles. The lowest BCUT2D eigenvalue weighted by Gasteiger charge is -2.07. The molecular weight excluding hydrogens is 328 g/mol. The first-order valence-corrected chi connectivity index (χ1v) is 6.91. The third-order valence-corrected chi connectivity index (χ3v) is 4.64. The normalized spacial score (nSPS) is 11.1. The van der Waals surface area contributed by atoms with E-state index >= 15 is 0 Å². The highest BCUT2D eigenvalue weighted by molar-refractivity contribution is 9.10. The highest BCUT2D eigenvalue weighted by Gasteiger charge is 2.10. The Morgan fingerprint density at radius 1 is 1.43 bits per heavy atom. The highest BCUT2D eigenvalue weighted by Crippen LogP contribution is 2.34. The summed E-state index contributed by atoms with van der Waals surface area (Å²) < 4.78 is 2.31. The number of aliphatic hydroxyl groups excluding tert-OH is 1. The fourth-order valence-electron chi connectivity index (χ4n) is 1.52. The van der Waals surface area contributed by atoms with Crippen LogP contribution in [0.25, 0.3) is 10.1 Å². The smallest absolute Gasteiger partial charge is 0.0691 e. The lowest BCUT2D eigenvalue weighted by Crippen LogP contribution is -1.92. The summed E-state index contributed by atoms with van der Waals surface area (Å²) in [4.78, 5) is 0. The fourth-order valence-corrected chi connectivity index (χ4v) is 3.62. The van der Waals surface area contributed by atoms with Gasteiger partial charge in [0, 0.05) is 14.5 Å². The Kier molecular flexibility index (Phi) is 3.27. The Bertz CT molecular complexity index is 464. The van der Waals surface area contributed by atoms with Gasteiger partial charge in [-0.1, -0.05) is 15.9 Å². The largest absolute Gasteiger partial charge is 0.392 e. The molecule has 0 aliphatic rings. The minimum Gasteiger partial charge on any atom is -0.392 e. The lowest BCUT2D eigenvalue weighted by molar-refractivity contribution is 0.282. The van der Waals surface area contributed by atoms with Crippen molar-refractivity contribution in [3.63, 3.8) is 0 Å². The van der Waals surface area contributed by atoms with Gasteiger partial charge in [0.15, 0.2) is 0 Å². The summed E-state index contributed by atoms with van der Waals surface area (Å²) in [5, 5.41) is 13.3. The molecule has 1 nitrogen and oxygen atoms in total. The van der Waals surface area contributed by atoms with Crippen LogP contribution >= 0.6 is 43.2 Å². The van der Waals surface area contributed by atoms with Gasteiger partial charge in [0.25, 0.3) is 0 Å². The van der Waals surface area contributed by atoms with Gasteiger partial charge in [0.05, 0.1) is 6.61 Å². The molecule has 0 spiro atoms. The van der Waals surface area contributed by atoms with Gasteiger partial charge >= 0.3 is 0 Å². The van der Waals surface area contributed by atoms with Crippen molar-refractivity contribution in [3.8, 4) is 0 Å². The lowest BCUT2D eigenvalue weighted by atomic mass is 10.1. The summed E-state index contributed by atoms with van der Waals surface area (Å²) in [6, 6.07) is 4.13. The summed E-state index contributed by atoms with van der Waals surface area (Å²) in [6.45, 7) is 0.0987. The molecule has 0 atom stereocenters. The number of aliphatic hydroxyl groups is 1. The van der Waals surface area contributed by atoms with Crippen LogP contribution in [0, 0.1) is 0 Å². The molecule has 4 heteroatoms. The molecule has 0 radical (unpaired) electrons. The van der Waals surface area contributed by atoms with Gasteiger partial charge in [-0.25, -0.2) is 0 Å². The second-order valence-corrected chi connectivity index (χ2v) is 5.28. The summed E-state index contributed by atoms with van der Waals surface area (Å²) in [6.07, 6.45) is 0. The summed E-state index contributed by atoms with van der Waals surface area (Å²) >= 11 is 8.66. The Labute approximate surface area is 103 Å². The Morgan fingerprint density at radius 2 is 2.21 bits per heavy atom. The number of thiophene rings is 1. The quantitative estimate of drug-likeness (QED) is 0.821. The standard InChI is InChI=1S/C10H8Br2OS/c11-4-6-3-9(12)10-7(1-2-14-10)8(6)5-13/h1-3,13H,4-5H2. The molecule has 0 saturated heterocycles. The maximum atomic E-state index is 9.33. The Balaban J connectivity index is 2.82. The van der Waals surface area contributed by atoms with Crippen molar-refractivity contribution < 1.29 is 5.11 Å². The topological polar surface area (TPSA) is 20.2 Å². The zero-order valence-electron chi connectivity index (χ0n) is 7.26. The molecule has 1 heterocycles. The number of halogens is 2. The van der Waals surface area contributed by atoms with Gasteiger partial charge in [-0.05, 0) is 50.0 Å². The summed E-state index contributed by atoms with van der Waals surface area (Å²) in [5.74, 6) is 0. The van der Waals surface area contributed by atoms with E-state index in [1.165, 1.54) is 4.70 Å². The number of rotatable bonds is 2. The second kappa shape index (κ2) is 4.31. The third-order valence-electron chi connectivity index (χ3n) is 2.20. The van der Waals surface area contributed by atoms with Crippen LogP contribution in [0.3, 0.4) is 0 Å². The first-order valence-electron chi connectivity index (χ1n) is 4.12. The van der Waals surface area contributed by atoms with E-state index in [1.54, 1.807) is 11.3 Å². The van der Waals surface area contributed by atoms with Crippen LogP contribution in [-0.2, 0) is 11.9 Å². The van der Waals surface area contributed by atoms with E-state index in [0.717, 1.165) is 26.3 Å². The summed E-state index contributed by atoms with van der Waals surface area (Å²) in [7, 11) is 0. The van der Waals surface area contributed by atoms with E-state index < -0.39 is 0 Å². The van der Waals surface area contributed by atoms with Gasteiger partial charge in [0.1, 0.15) is 0 Å². The van der Waals surface area contributed by atoms with Crippen LogP contribution in [0.1, 0.15) is 11.1 Å². The van der Waals surface area contributed by atoms with E-state index in [-0.39, 0.29) is 6.61 Å². The fraction of sp³-hybridized carbons (Fsp3) is 0.200. The van der Waals surface area contributed by atoms with E-state index in [2.05, 4.69) is 44.0 Å². The van der Waals surface area contributed by atoms with Crippen molar-refractivity contribution in [1.82, 2.24) is 0 Å². The van der Waals surface area contributed by atoms with Crippen LogP contribution in [0.2, 0.25) is 0 Å². The van der Waals surface area contributed by atoms with Crippen molar-refractivity contribution in [2.75, 3.05) is 0 Å². The van der Waals surface area contributed by atoms with Gasteiger partial charge in [-0.15, -0.1) is 11.3 Å². The molecule has 2 rings (SSSR count). The molecule has 0 aliphatic carbocycles. The number of hydrogen-bond acceptors (Lipinski definition) is 2. The molecule has 0 saturated carbocycles. The first-order chi connectivity index (χ1) is 6.77. The SMILES string of the molecule is OCc1c(CBr)cc(Br)c2sccc12. The monoisotopic (exact) mass is 334 g/mol. The van der Waals surface area contributed by atoms with Gasteiger partial charge in [-0.2, -0.15) is 0 Å². The molecule has 0 amide bonds. The van der Waals surface area contributed by atoms with E-state index in [9.17, 15) is 5.11 Å². The highest BCUT2D eigenvalue weighted by atomic mass is 79.9. The van der Waals surface area contributed by atoms with Gasteiger partial charge < -0.3 is 5.11 Å². The molecule has 1 aromatic carbocycles. The number of hydrogen-bond donors (Lipinski definition) is 1. The third kappa shape index (κ3) is 1.65. The second-order valence-electron chi connectivity index (χ2n) is 2.95. The Hall–Kier alpha value is 0.1000. The molecule has 14 heavy (non-hydrogen) atoms.